The summed E-state index contributed by atoms with van der Waals surface area (Å²) in [7, 11) is 0. The normalized spacial score (nSPS) is 14.8. The highest BCUT2D eigenvalue weighted by Gasteiger charge is 2.26. The maximum Gasteiger partial charge on any atom is 0.293 e. The lowest BCUT2D eigenvalue weighted by atomic mass is 9.88. The fourth-order valence-electron chi connectivity index (χ4n) is 3.67. The molecule has 0 atom stereocenters. The number of carbonyl (C=O) groups is 2. The van der Waals surface area contributed by atoms with Crippen LogP contribution in [0, 0.1) is 5.92 Å². The molecule has 1 heterocycles. The Kier molecular flexibility index (Phi) is 5.35. The molecule has 28 heavy (non-hydrogen) atoms. The quantitative estimate of drug-likeness (QED) is 0.580. The lowest BCUT2D eigenvalue weighted by Crippen LogP contribution is -2.25. The molecule has 0 spiro atoms. The number of amides is 2. The third kappa shape index (κ3) is 3.90. The molecule has 2 N–H and O–H groups in total. The van der Waals surface area contributed by atoms with E-state index in [2.05, 4.69) is 10.6 Å². The summed E-state index contributed by atoms with van der Waals surface area (Å²) in [5.74, 6) is -0.419. The molecule has 3 aromatic rings. The maximum absolute atomic E-state index is 12.9. The number of hydrogen-bond acceptors (Lipinski definition) is 3. The molecule has 1 aliphatic carbocycles. The Morgan fingerprint density at radius 1 is 0.964 bits per heavy atom. The van der Waals surface area contributed by atoms with Crippen molar-refractivity contribution in [3.05, 3.63) is 59.3 Å². The molecule has 0 unspecified atom stereocenters. The van der Waals surface area contributed by atoms with Crippen LogP contribution < -0.4 is 10.6 Å². The molecule has 1 saturated carbocycles. The zero-order valence-electron chi connectivity index (χ0n) is 15.3. The van der Waals surface area contributed by atoms with Crippen LogP contribution in [0.5, 0.6) is 0 Å². The van der Waals surface area contributed by atoms with Gasteiger partial charge < -0.3 is 15.1 Å². The third-order valence-electron chi connectivity index (χ3n) is 5.11. The number of nitrogens with one attached hydrogen (secondary N) is 2. The van der Waals surface area contributed by atoms with Crippen molar-refractivity contribution >= 4 is 45.8 Å². The second-order valence-electron chi connectivity index (χ2n) is 7.09. The number of furan rings is 1. The first-order valence-corrected chi connectivity index (χ1v) is 9.89. The van der Waals surface area contributed by atoms with Crippen LogP contribution in [0.2, 0.25) is 5.02 Å². The summed E-state index contributed by atoms with van der Waals surface area (Å²) in [6.07, 6.45) is 5.06. The van der Waals surface area contributed by atoms with E-state index in [1.807, 2.05) is 18.2 Å². The minimum atomic E-state index is -0.433. The Hall–Kier alpha value is -2.79. The first kappa shape index (κ1) is 18.6. The zero-order chi connectivity index (χ0) is 19.5. The van der Waals surface area contributed by atoms with Gasteiger partial charge in [-0.2, -0.15) is 0 Å². The van der Waals surface area contributed by atoms with Crippen LogP contribution in [0.25, 0.3) is 11.0 Å². The van der Waals surface area contributed by atoms with Gasteiger partial charge >= 0.3 is 0 Å². The average Bonchev–Trinajstić information content (AvgIpc) is 3.07. The first-order chi connectivity index (χ1) is 13.6. The highest BCUT2D eigenvalue weighted by atomic mass is 35.5. The largest absolute Gasteiger partial charge is 0.449 e. The van der Waals surface area contributed by atoms with E-state index < -0.39 is 5.91 Å². The lowest BCUT2D eigenvalue weighted by Gasteiger charge is -2.20. The van der Waals surface area contributed by atoms with Crippen LogP contribution in [-0.4, -0.2) is 11.8 Å². The van der Waals surface area contributed by atoms with Crippen molar-refractivity contribution in [2.75, 3.05) is 10.6 Å². The van der Waals surface area contributed by atoms with Crippen molar-refractivity contribution in [1.29, 1.82) is 0 Å². The van der Waals surface area contributed by atoms with Gasteiger partial charge in [-0.05, 0) is 43.2 Å². The van der Waals surface area contributed by atoms with Crippen molar-refractivity contribution < 1.29 is 14.0 Å². The van der Waals surface area contributed by atoms with Gasteiger partial charge in [0.05, 0.1) is 0 Å². The number of anilines is 2. The number of carbonyl (C=O) groups excluding carboxylic acids is 2. The molecule has 1 aromatic heterocycles. The van der Waals surface area contributed by atoms with Crippen molar-refractivity contribution in [3.8, 4) is 0 Å². The van der Waals surface area contributed by atoms with Gasteiger partial charge in [0.15, 0.2) is 0 Å². The molecule has 0 saturated heterocycles. The van der Waals surface area contributed by atoms with Gasteiger partial charge in [0.25, 0.3) is 5.91 Å². The molecule has 4 rings (SSSR count). The second-order valence-corrected chi connectivity index (χ2v) is 7.53. The second kappa shape index (κ2) is 8.07. The van der Waals surface area contributed by atoms with E-state index in [0.717, 1.165) is 25.7 Å². The molecular formula is C22H21ClN2O3. The van der Waals surface area contributed by atoms with E-state index in [-0.39, 0.29) is 17.6 Å². The molecule has 1 aliphatic rings. The van der Waals surface area contributed by atoms with E-state index >= 15 is 0 Å². The van der Waals surface area contributed by atoms with E-state index in [1.165, 1.54) is 6.42 Å². The Bertz CT molecular complexity index is 1020. The van der Waals surface area contributed by atoms with Crippen molar-refractivity contribution in [1.82, 2.24) is 0 Å². The highest BCUT2D eigenvalue weighted by Crippen LogP contribution is 2.33. The smallest absolute Gasteiger partial charge is 0.293 e. The molecule has 6 heteroatoms. The number of hydrogen-bond donors (Lipinski definition) is 2. The molecule has 2 aromatic carbocycles. The van der Waals surface area contributed by atoms with E-state index in [1.54, 1.807) is 30.3 Å². The predicted octanol–water partition coefficient (Wildman–Crippen LogP) is 5.86. The minimum absolute atomic E-state index is 0.0220. The summed E-state index contributed by atoms with van der Waals surface area (Å²) in [6.45, 7) is 0. The topological polar surface area (TPSA) is 71.3 Å². The first-order valence-electron chi connectivity index (χ1n) is 9.51. The van der Waals surface area contributed by atoms with E-state index in [9.17, 15) is 9.59 Å². The van der Waals surface area contributed by atoms with Crippen LogP contribution in [0.15, 0.2) is 52.9 Å². The van der Waals surface area contributed by atoms with Gasteiger partial charge in [-0.1, -0.05) is 49.1 Å². The monoisotopic (exact) mass is 396 g/mol. The summed E-state index contributed by atoms with van der Waals surface area (Å²) in [6, 6.07) is 14.2. The molecule has 144 valence electrons. The number of halogens is 1. The van der Waals surface area contributed by atoms with Crippen LogP contribution in [0.3, 0.4) is 0 Å². The minimum Gasteiger partial charge on any atom is -0.449 e. The van der Waals surface area contributed by atoms with Gasteiger partial charge in [-0.25, -0.2) is 0 Å². The zero-order valence-corrected chi connectivity index (χ0v) is 16.1. The lowest BCUT2D eigenvalue weighted by molar-refractivity contribution is -0.120. The Balaban J connectivity index is 1.64. The number of fused-ring (bicyclic) bond motifs is 1. The van der Waals surface area contributed by atoms with Crippen LogP contribution in [0.1, 0.15) is 42.7 Å². The average molecular weight is 397 g/mol. The number of rotatable bonds is 4. The van der Waals surface area contributed by atoms with Crippen molar-refractivity contribution in [2.24, 2.45) is 5.92 Å². The SMILES string of the molecule is O=C(Nc1cccc(Cl)c1)c1oc2ccccc2c1NC(=O)C1CCCCC1. The van der Waals surface area contributed by atoms with Gasteiger partial charge in [0.1, 0.15) is 11.3 Å². The predicted molar refractivity (Wildman–Crippen MR) is 111 cm³/mol. The highest BCUT2D eigenvalue weighted by molar-refractivity contribution is 6.31. The summed E-state index contributed by atoms with van der Waals surface area (Å²) in [5, 5.41) is 6.98. The van der Waals surface area contributed by atoms with Gasteiger partial charge in [-0.3, -0.25) is 9.59 Å². The van der Waals surface area contributed by atoms with Crippen LogP contribution in [0.4, 0.5) is 11.4 Å². The molecule has 1 fully saturated rings. The molecule has 0 radical (unpaired) electrons. The Labute approximate surface area is 168 Å². The Morgan fingerprint density at radius 2 is 1.75 bits per heavy atom. The van der Waals surface area contributed by atoms with Crippen molar-refractivity contribution in [2.45, 2.75) is 32.1 Å². The molecule has 0 aliphatic heterocycles. The summed E-state index contributed by atoms with van der Waals surface area (Å²) in [4.78, 5) is 25.7. The van der Waals surface area contributed by atoms with Gasteiger partial charge in [-0.15, -0.1) is 0 Å². The maximum atomic E-state index is 12.9. The standard InChI is InChI=1S/C22H21ClN2O3/c23-15-9-6-10-16(13-15)24-22(27)20-19(17-11-4-5-12-18(17)28-20)25-21(26)14-7-2-1-3-8-14/h4-6,9-14H,1-3,7-8H2,(H,24,27)(H,25,26). The summed E-state index contributed by atoms with van der Waals surface area (Å²) < 4.78 is 5.79. The fourth-order valence-corrected chi connectivity index (χ4v) is 3.86. The van der Waals surface area contributed by atoms with Gasteiger partial charge in [0.2, 0.25) is 11.7 Å². The van der Waals surface area contributed by atoms with Gasteiger partial charge in [0, 0.05) is 22.0 Å². The fraction of sp³-hybridized carbons (Fsp3) is 0.273. The van der Waals surface area contributed by atoms with Crippen LogP contribution in [-0.2, 0) is 4.79 Å². The summed E-state index contributed by atoms with van der Waals surface area (Å²) in [5.41, 5.74) is 1.53. The molecule has 0 bridgehead atoms. The van der Waals surface area contributed by atoms with Crippen molar-refractivity contribution in [3.63, 3.8) is 0 Å². The van der Waals surface area contributed by atoms with E-state index in [0.29, 0.717) is 27.4 Å². The molecule has 2 amide bonds. The van der Waals surface area contributed by atoms with Crippen LogP contribution >= 0.6 is 11.6 Å². The van der Waals surface area contributed by atoms with E-state index in [4.69, 9.17) is 16.0 Å². The Morgan fingerprint density at radius 3 is 2.54 bits per heavy atom. The number of para-hydroxylation sites is 1. The molecule has 5 nitrogen and oxygen atoms in total. The molecular weight excluding hydrogens is 376 g/mol. The third-order valence-corrected chi connectivity index (χ3v) is 5.34. The number of benzene rings is 2. The summed E-state index contributed by atoms with van der Waals surface area (Å²) >= 11 is 5.99.